The molecule has 0 spiro atoms. The smallest absolute Gasteiger partial charge is 0.407 e. The monoisotopic (exact) mass is 484 g/mol. The van der Waals surface area contributed by atoms with Crippen LogP contribution in [0.2, 0.25) is 0 Å². The number of hydrogen-bond donors (Lipinski definition) is 3. The highest BCUT2D eigenvalue weighted by Gasteiger charge is 2.30. The first kappa shape index (κ1) is 25.6. The lowest BCUT2D eigenvalue weighted by molar-refractivity contribution is -0.142. The summed E-state index contributed by atoms with van der Waals surface area (Å²) in [5.74, 6) is -1.39. The van der Waals surface area contributed by atoms with Crippen LogP contribution in [0.3, 0.4) is 0 Å². The minimum absolute atomic E-state index is 0.0319. The van der Waals surface area contributed by atoms with Gasteiger partial charge >= 0.3 is 12.1 Å². The Morgan fingerprint density at radius 2 is 1.65 bits per heavy atom. The van der Waals surface area contributed by atoms with Crippen molar-refractivity contribution in [2.24, 2.45) is 5.92 Å². The predicted molar refractivity (Wildman–Crippen MR) is 134 cm³/mol. The summed E-state index contributed by atoms with van der Waals surface area (Å²) in [5.41, 5.74) is 4.52. The fourth-order valence-electron chi connectivity index (χ4n) is 4.30. The molecule has 2 aromatic rings. The number of fused-ring (bicyclic) bond motifs is 3. The van der Waals surface area contributed by atoms with E-state index in [1.807, 2.05) is 49.6 Å². The van der Waals surface area contributed by atoms with E-state index in [-0.39, 0.29) is 19.1 Å². The van der Waals surface area contributed by atoms with Crippen molar-refractivity contribution in [3.63, 3.8) is 0 Å². The van der Waals surface area contributed by atoms with E-state index in [0.29, 0.717) is 25.0 Å². The van der Waals surface area contributed by atoms with Gasteiger partial charge in [0.2, 0.25) is 5.91 Å². The van der Waals surface area contributed by atoms with Crippen LogP contribution in [0.4, 0.5) is 4.79 Å². The first-order valence-electron chi connectivity index (χ1n) is 11.6. The summed E-state index contributed by atoms with van der Waals surface area (Å²) in [6.45, 7) is 2.09. The highest BCUT2D eigenvalue weighted by Crippen LogP contribution is 2.44. The first-order chi connectivity index (χ1) is 16.5. The molecule has 3 rings (SSSR count). The van der Waals surface area contributed by atoms with Gasteiger partial charge in [-0.05, 0) is 47.1 Å². The Labute approximate surface area is 204 Å². The van der Waals surface area contributed by atoms with E-state index in [1.54, 1.807) is 11.8 Å². The molecule has 0 saturated carbocycles. The van der Waals surface area contributed by atoms with Crippen LogP contribution < -0.4 is 10.6 Å². The molecule has 0 fully saturated rings. The molecule has 2 atom stereocenters. The molecule has 1 aliphatic carbocycles. The fourth-order valence-corrected chi connectivity index (χ4v) is 4.77. The number of rotatable bonds is 12. The van der Waals surface area contributed by atoms with E-state index in [4.69, 9.17) is 4.74 Å². The summed E-state index contributed by atoms with van der Waals surface area (Å²) in [5, 5.41) is 14.7. The Morgan fingerprint density at radius 1 is 1.03 bits per heavy atom. The minimum Gasteiger partial charge on any atom is -0.481 e. The van der Waals surface area contributed by atoms with E-state index < -0.39 is 29.9 Å². The molecular formula is C26H32N2O5S. The molecule has 8 heteroatoms. The number of hydrogen-bond acceptors (Lipinski definition) is 5. The molecule has 0 aliphatic heterocycles. The van der Waals surface area contributed by atoms with Gasteiger partial charge in [0.25, 0.3) is 0 Å². The second-order valence-corrected chi connectivity index (χ2v) is 9.36. The summed E-state index contributed by atoms with van der Waals surface area (Å²) >= 11 is 1.56. The number of aliphatic carboxylic acids is 1. The largest absolute Gasteiger partial charge is 0.481 e. The molecule has 7 nitrogen and oxygen atoms in total. The van der Waals surface area contributed by atoms with Crippen LogP contribution in [0.1, 0.15) is 43.2 Å². The number of nitrogens with one attached hydrogen (secondary N) is 2. The second-order valence-electron chi connectivity index (χ2n) is 8.37. The SMILES string of the molecule is CCCC(CNC(=O)C(CCSC)NC(=O)OCC1c2ccccc2-c2ccccc21)C(=O)O. The number of carbonyl (C=O) groups is 3. The minimum atomic E-state index is -0.938. The standard InChI is InChI=1S/C26H32N2O5S/c1-3-8-17(25(30)31)15-27-24(29)23(13-14-34-2)28-26(32)33-16-22-20-11-6-4-9-18(20)19-10-5-7-12-21(19)22/h4-7,9-12,17,22-23H,3,8,13-16H2,1-2H3,(H,27,29)(H,28,32)(H,30,31). The van der Waals surface area contributed by atoms with E-state index in [1.165, 1.54) is 0 Å². The Hall–Kier alpha value is -3.00. The molecule has 0 radical (unpaired) electrons. The number of alkyl carbamates (subject to hydrolysis) is 1. The number of amides is 2. The third-order valence-corrected chi connectivity index (χ3v) is 6.72. The van der Waals surface area contributed by atoms with Crippen molar-refractivity contribution < 1.29 is 24.2 Å². The number of benzene rings is 2. The number of thioether (sulfide) groups is 1. The molecule has 0 aromatic heterocycles. The molecule has 2 amide bonds. The summed E-state index contributed by atoms with van der Waals surface area (Å²) in [4.78, 5) is 36.7. The first-order valence-corrected chi connectivity index (χ1v) is 13.0. The lowest BCUT2D eigenvalue weighted by atomic mass is 9.98. The summed E-state index contributed by atoms with van der Waals surface area (Å²) in [7, 11) is 0. The summed E-state index contributed by atoms with van der Waals surface area (Å²) in [6.07, 6.45) is 2.87. The van der Waals surface area contributed by atoms with E-state index in [2.05, 4.69) is 22.8 Å². The van der Waals surface area contributed by atoms with Gasteiger partial charge in [0.1, 0.15) is 12.6 Å². The molecule has 2 unspecified atom stereocenters. The number of carboxylic acid groups (broad SMARTS) is 1. The average Bonchev–Trinajstić information content (AvgIpc) is 3.16. The van der Waals surface area contributed by atoms with Crippen molar-refractivity contribution in [3.8, 4) is 11.1 Å². The van der Waals surface area contributed by atoms with Crippen molar-refractivity contribution >= 4 is 29.7 Å². The molecule has 2 aromatic carbocycles. The maximum absolute atomic E-state index is 12.7. The molecule has 34 heavy (non-hydrogen) atoms. The maximum atomic E-state index is 12.7. The van der Waals surface area contributed by atoms with Crippen molar-refractivity contribution in [3.05, 3.63) is 59.7 Å². The van der Waals surface area contributed by atoms with Crippen LogP contribution in [0.5, 0.6) is 0 Å². The predicted octanol–water partition coefficient (Wildman–Crippen LogP) is 4.26. The molecule has 182 valence electrons. The molecule has 3 N–H and O–H groups in total. The van der Waals surface area contributed by atoms with Crippen LogP contribution in [0.15, 0.2) is 48.5 Å². The Kier molecular flexibility index (Phi) is 9.39. The van der Waals surface area contributed by atoms with E-state index in [0.717, 1.165) is 22.3 Å². The zero-order chi connectivity index (χ0) is 24.5. The van der Waals surface area contributed by atoms with Gasteiger partial charge < -0.3 is 20.5 Å². The van der Waals surface area contributed by atoms with E-state index in [9.17, 15) is 19.5 Å². The quantitative estimate of drug-likeness (QED) is 0.416. The topological polar surface area (TPSA) is 105 Å². The van der Waals surface area contributed by atoms with Gasteiger partial charge in [-0.1, -0.05) is 61.9 Å². The van der Waals surface area contributed by atoms with Gasteiger partial charge in [-0.15, -0.1) is 0 Å². The van der Waals surface area contributed by atoms with E-state index >= 15 is 0 Å². The summed E-state index contributed by atoms with van der Waals surface area (Å²) in [6, 6.07) is 15.4. The Bertz CT molecular complexity index is 967. The third-order valence-electron chi connectivity index (χ3n) is 6.07. The highest BCUT2D eigenvalue weighted by molar-refractivity contribution is 7.98. The van der Waals surface area contributed by atoms with Gasteiger partial charge in [0, 0.05) is 12.5 Å². The second kappa shape index (κ2) is 12.5. The van der Waals surface area contributed by atoms with Gasteiger partial charge in [0.05, 0.1) is 5.92 Å². The zero-order valence-electron chi connectivity index (χ0n) is 19.6. The lowest BCUT2D eigenvalue weighted by Crippen LogP contribution is -2.48. The van der Waals surface area contributed by atoms with Crippen LogP contribution in [-0.2, 0) is 14.3 Å². The number of ether oxygens (including phenoxy) is 1. The molecular weight excluding hydrogens is 452 g/mol. The molecule has 0 saturated heterocycles. The van der Waals surface area contributed by atoms with Crippen LogP contribution >= 0.6 is 11.8 Å². The van der Waals surface area contributed by atoms with Gasteiger partial charge in [0.15, 0.2) is 0 Å². The summed E-state index contributed by atoms with van der Waals surface area (Å²) < 4.78 is 5.57. The van der Waals surface area contributed by atoms with Gasteiger partial charge in [-0.3, -0.25) is 9.59 Å². The van der Waals surface area contributed by atoms with Crippen LogP contribution in [-0.4, -0.2) is 54.3 Å². The number of carbonyl (C=O) groups excluding carboxylic acids is 2. The van der Waals surface area contributed by atoms with Crippen LogP contribution in [0, 0.1) is 5.92 Å². The molecule has 0 bridgehead atoms. The number of carboxylic acids is 1. The van der Waals surface area contributed by atoms with Crippen molar-refractivity contribution in [1.29, 1.82) is 0 Å². The normalized spacial score (nSPS) is 13.9. The van der Waals surface area contributed by atoms with Gasteiger partial charge in [-0.25, -0.2) is 4.79 Å². The zero-order valence-corrected chi connectivity index (χ0v) is 20.4. The highest BCUT2D eigenvalue weighted by atomic mass is 32.2. The van der Waals surface area contributed by atoms with Crippen molar-refractivity contribution in [1.82, 2.24) is 10.6 Å². The average molecular weight is 485 g/mol. The lowest BCUT2D eigenvalue weighted by Gasteiger charge is -2.20. The Morgan fingerprint density at radius 3 is 2.21 bits per heavy atom. The maximum Gasteiger partial charge on any atom is 0.407 e. The fraction of sp³-hybridized carbons (Fsp3) is 0.423. The van der Waals surface area contributed by atoms with Crippen molar-refractivity contribution in [2.75, 3.05) is 25.2 Å². The Balaban J connectivity index is 1.61. The molecule has 1 aliphatic rings. The van der Waals surface area contributed by atoms with Crippen molar-refractivity contribution in [2.45, 2.75) is 38.1 Å². The van der Waals surface area contributed by atoms with Crippen LogP contribution in [0.25, 0.3) is 11.1 Å². The third kappa shape index (κ3) is 6.32. The molecule has 0 heterocycles. The van der Waals surface area contributed by atoms with Gasteiger partial charge in [-0.2, -0.15) is 11.8 Å².